The summed E-state index contributed by atoms with van der Waals surface area (Å²) in [5.74, 6) is -0.206. The number of aromatic hydroxyl groups is 2. The number of ether oxygens (including phenoxy) is 1. The van der Waals surface area contributed by atoms with Crippen LogP contribution in [0.5, 0.6) is 17.2 Å². The van der Waals surface area contributed by atoms with E-state index in [0.717, 1.165) is 0 Å². The summed E-state index contributed by atoms with van der Waals surface area (Å²) in [5, 5.41) is 18.9. The Morgan fingerprint density at radius 3 is 2.70 bits per heavy atom. The van der Waals surface area contributed by atoms with Crippen LogP contribution in [0.3, 0.4) is 0 Å². The molecule has 20 heavy (non-hydrogen) atoms. The van der Waals surface area contributed by atoms with Crippen molar-refractivity contribution in [2.24, 2.45) is 0 Å². The van der Waals surface area contributed by atoms with Crippen molar-refractivity contribution in [3.05, 3.63) is 34.9 Å². The molecule has 0 bridgehead atoms. The topological polar surface area (TPSA) is 75.7 Å². The molecule has 0 radical (unpaired) electrons. The minimum absolute atomic E-state index is 0.00102. The Balaban J connectivity index is 2.10. The molecule has 0 aromatic carbocycles. The maximum atomic E-state index is 11.9. The van der Waals surface area contributed by atoms with Crippen molar-refractivity contribution in [3.8, 4) is 17.2 Å². The van der Waals surface area contributed by atoms with Crippen LogP contribution in [0.1, 0.15) is 5.69 Å². The van der Waals surface area contributed by atoms with Crippen molar-refractivity contribution in [2.75, 3.05) is 13.3 Å². The predicted molar refractivity (Wildman–Crippen MR) is 70.7 cm³/mol. The predicted octanol–water partition coefficient (Wildman–Crippen LogP) is 0.868. The smallest absolute Gasteiger partial charge is 0.204 e. The van der Waals surface area contributed by atoms with Gasteiger partial charge in [-0.25, -0.2) is 4.39 Å². The summed E-state index contributed by atoms with van der Waals surface area (Å²) >= 11 is 0. The molecule has 0 fully saturated rings. The maximum absolute atomic E-state index is 11.9. The van der Waals surface area contributed by atoms with Crippen LogP contribution in [0.25, 0.3) is 12.7 Å². The number of aromatic nitrogens is 1. The number of rotatable bonds is 5. The Bertz CT molecular complexity index is 678. The zero-order valence-electron chi connectivity index (χ0n) is 10.7. The van der Waals surface area contributed by atoms with E-state index in [0.29, 0.717) is 17.9 Å². The molecule has 2 rings (SSSR count). The Labute approximate surface area is 114 Å². The van der Waals surface area contributed by atoms with Crippen LogP contribution >= 0.6 is 0 Å². The van der Waals surface area contributed by atoms with Gasteiger partial charge in [0.1, 0.15) is 19.0 Å². The lowest BCUT2D eigenvalue weighted by molar-refractivity contribution is 0.272. The lowest BCUT2D eigenvalue weighted by Gasteiger charge is -2.03. The number of halogens is 1. The van der Waals surface area contributed by atoms with Crippen molar-refractivity contribution < 1.29 is 23.8 Å². The molecular formula is C14H14FNO4. The standard InChI is InChI=1S/C14H14FNO4/c1-9-13(17)14(18)12(20-9)5-3-10-2-4-11(8-16-10)19-7-6-15/h2,4-5,8,17-18H,1,3,6-7H2/b12-5+. The van der Waals surface area contributed by atoms with Gasteiger partial charge < -0.3 is 19.4 Å². The Kier molecular flexibility index (Phi) is 4.24. The summed E-state index contributed by atoms with van der Waals surface area (Å²) in [6.45, 7) is 2.88. The fourth-order valence-corrected chi connectivity index (χ4v) is 1.59. The lowest BCUT2D eigenvalue weighted by Crippen LogP contribution is -2.01. The minimum atomic E-state index is -0.551. The van der Waals surface area contributed by atoms with E-state index in [-0.39, 0.29) is 28.9 Å². The van der Waals surface area contributed by atoms with E-state index in [4.69, 9.17) is 9.15 Å². The van der Waals surface area contributed by atoms with E-state index in [1.165, 1.54) is 6.20 Å². The molecule has 0 unspecified atom stereocenters. The second-order valence-electron chi connectivity index (χ2n) is 4.02. The molecule has 0 atom stereocenters. The number of hydrogen-bond donors (Lipinski definition) is 2. The molecule has 0 saturated carbocycles. The van der Waals surface area contributed by atoms with Gasteiger partial charge in [0.2, 0.25) is 11.5 Å². The number of pyridine rings is 1. The highest BCUT2D eigenvalue weighted by molar-refractivity contribution is 5.41. The zero-order chi connectivity index (χ0) is 14.5. The summed E-state index contributed by atoms with van der Waals surface area (Å²) in [6.07, 6.45) is 3.46. The van der Waals surface area contributed by atoms with E-state index in [9.17, 15) is 14.6 Å². The summed E-state index contributed by atoms with van der Waals surface area (Å²) in [6, 6.07) is 3.40. The Morgan fingerprint density at radius 2 is 2.15 bits per heavy atom. The van der Waals surface area contributed by atoms with Gasteiger partial charge in [0.15, 0.2) is 10.8 Å². The molecule has 5 nitrogen and oxygen atoms in total. The van der Waals surface area contributed by atoms with Crippen molar-refractivity contribution in [3.63, 3.8) is 0 Å². The summed E-state index contributed by atoms with van der Waals surface area (Å²) in [5.41, 5.74) is 0.863. The number of nitrogens with zero attached hydrogens (tertiary/aromatic N) is 1. The third kappa shape index (κ3) is 3.09. The summed E-state index contributed by atoms with van der Waals surface area (Å²) in [4.78, 5) is 4.13. The van der Waals surface area contributed by atoms with Crippen LogP contribution in [0.2, 0.25) is 0 Å². The Hall–Kier alpha value is -2.50. The number of furan rings is 1. The molecule has 106 valence electrons. The fourth-order valence-electron chi connectivity index (χ4n) is 1.59. The van der Waals surface area contributed by atoms with Crippen LogP contribution in [-0.2, 0) is 6.42 Å². The monoisotopic (exact) mass is 279 g/mol. The summed E-state index contributed by atoms with van der Waals surface area (Å²) in [7, 11) is 0. The molecule has 0 aliphatic carbocycles. The highest BCUT2D eigenvalue weighted by atomic mass is 19.1. The molecule has 0 spiro atoms. The van der Waals surface area contributed by atoms with Crippen molar-refractivity contribution >= 4 is 12.7 Å². The highest BCUT2D eigenvalue weighted by Crippen LogP contribution is 2.14. The molecule has 2 aromatic rings. The largest absolute Gasteiger partial charge is 0.502 e. The fraction of sp³-hybridized carbons (Fsp3) is 0.214. The van der Waals surface area contributed by atoms with E-state index in [1.807, 2.05) is 0 Å². The Morgan fingerprint density at radius 1 is 1.35 bits per heavy atom. The molecule has 0 aliphatic rings. The number of hydrogen-bond acceptors (Lipinski definition) is 5. The second-order valence-corrected chi connectivity index (χ2v) is 4.02. The van der Waals surface area contributed by atoms with Crippen LogP contribution < -0.4 is 15.6 Å². The van der Waals surface area contributed by atoms with Crippen LogP contribution in [0.15, 0.2) is 22.7 Å². The van der Waals surface area contributed by atoms with E-state index < -0.39 is 6.67 Å². The van der Waals surface area contributed by atoms with E-state index in [2.05, 4.69) is 11.6 Å². The van der Waals surface area contributed by atoms with Gasteiger partial charge >= 0.3 is 0 Å². The first-order chi connectivity index (χ1) is 9.61. The van der Waals surface area contributed by atoms with Gasteiger partial charge in [-0.1, -0.05) is 6.58 Å². The first kappa shape index (κ1) is 13.9. The van der Waals surface area contributed by atoms with Gasteiger partial charge in [-0.3, -0.25) is 4.98 Å². The van der Waals surface area contributed by atoms with E-state index >= 15 is 0 Å². The third-order valence-electron chi connectivity index (χ3n) is 2.60. The summed E-state index contributed by atoms with van der Waals surface area (Å²) < 4.78 is 22.1. The molecule has 2 aromatic heterocycles. The van der Waals surface area contributed by atoms with Crippen molar-refractivity contribution in [2.45, 2.75) is 6.42 Å². The van der Waals surface area contributed by atoms with Crippen LogP contribution in [-0.4, -0.2) is 28.5 Å². The van der Waals surface area contributed by atoms with Crippen LogP contribution in [0.4, 0.5) is 4.39 Å². The molecular weight excluding hydrogens is 265 g/mol. The molecule has 2 heterocycles. The molecule has 0 aliphatic heterocycles. The number of alkyl halides is 1. The maximum Gasteiger partial charge on any atom is 0.204 e. The van der Waals surface area contributed by atoms with Gasteiger partial charge in [0.05, 0.1) is 6.20 Å². The first-order valence-corrected chi connectivity index (χ1v) is 5.95. The normalized spacial score (nSPS) is 11.8. The van der Waals surface area contributed by atoms with Crippen molar-refractivity contribution in [1.82, 2.24) is 4.98 Å². The minimum Gasteiger partial charge on any atom is -0.502 e. The third-order valence-corrected chi connectivity index (χ3v) is 2.60. The lowest BCUT2D eigenvalue weighted by atomic mass is 10.2. The highest BCUT2D eigenvalue weighted by Gasteiger charge is 2.07. The second kappa shape index (κ2) is 6.10. The molecule has 6 heteroatoms. The van der Waals surface area contributed by atoms with Gasteiger partial charge in [-0.2, -0.15) is 0 Å². The average Bonchev–Trinajstić information content (AvgIpc) is 2.71. The zero-order valence-corrected chi connectivity index (χ0v) is 10.7. The first-order valence-electron chi connectivity index (χ1n) is 5.95. The molecule has 0 saturated heterocycles. The van der Waals surface area contributed by atoms with E-state index in [1.54, 1.807) is 18.2 Å². The van der Waals surface area contributed by atoms with Gasteiger partial charge in [0.25, 0.3) is 0 Å². The molecule has 0 amide bonds. The van der Waals surface area contributed by atoms with Gasteiger partial charge in [0, 0.05) is 12.1 Å². The quantitative estimate of drug-likeness (QED) is 0.849. The van der Waals surface area contributed by atoms with Crippen LogP contribution in [0, 0.1) is 0 Å². The van der Waals surface area contributed by atoms with Gasteiger partial charge in [-0.05, 0) is 18.2 Å². The van der Waals surface area contributed by atoms with Crippen molar-refractivity contribution in [1.29, 1.82) is 0 Å². The average molecular weight is 279 g/mol. The SMILES string of the molecule is C=c1o/c(=C/Cc2ccc(OCCF)cn2)c(O)c1O. The van der Waals surface area contributed by atoms with Gasteiger partial charge in [-0.15, -0.1) is 0 Å². The molecule has 2 N–H and O–H groups in total.